The van der Waals surface area contributed by atoms with Crippen molar-refractivity contribution in [3.05, 3.63) is 99.3 Å². The minimum Gasteiger partial charge on any atom is -0.394 e. The van der Waals surface area contributed by atoms with Crippen LogP contribution >= 0.6 is 15.2 Å². The van der Waals surface area contributed by atoms with Crippen LogP contribution < -0.4 is 49.7 Å². The van der Waals surface area contributed by atoms with Crippen LogP contribution in [0.4, 0.5) is 0 Å². The third kappa shape index (κ3) is 15.3. The molecule has 15 unspecified atom stereocenters. The molecule has 10 N–H and O–H groups in total. The summed E-state index contributed by atoms with van der Waals surface area (Å²) in [6.07, 6.45) is -16.1. The summed E-state index contributed by atoms with van der Waals surface area (Å²) in [5, 5.41) is 26.7. The monoisotopic (exact) mass is 1180 g/mol. The van der Waals surface area contributed by atoms with E-state index in [-0.39, 0.29) is 32.5 Å². The van der Waals surface area contributed by atoms with Gasteiger partial charge in [0, 0.05) is 77.2 Å². The molecule has 80 heavy (non-hydrogen) atoms. The summed E-state index contributed by atoms with van der Waals surface area (Å²) in [4.78, 5) is 141. The molecule has 3 aromatic heterocycles. The molecule has 3 saturated heterocycles. The van der Waals surface area contributed by atoms with Crippen LogP contribution in [0.25, 0.3) is 0 Å². The van der Waals surface area contributed by atoms with Crippen LogP contribution in [0.2, 0.25) is 0 Å². The van der Waals surface area contributed by atoms with Gasteiger partial charge < -0.3 is 82.9 Å². The Kier molecular flexibility index (Phi) is 21.8. The molecule has 0 spiro atoms. The number of rotatable bonds is 28. The van der Waals surface area contributed by atoms with Gasteiger partial charge in [0.25, 0.3) is 16.7 Å². The van der Waals surface area contributed by atoms with Gasteiger partial charge >= 0.3 is 32.3 Å². The second-order valence-corrected chi connectivity index (χ2v) is 23.1. The van der Waals surface area contributed by atoms with Crippen LogP contribution in [0, 0.1) is 0 Å². The van der Waals surface area contributed by atoms with Gasteiger partial charge in [0.1, 0.15) is 54.9 Å². The SMILES string of the molecule is CNC(=O)CCOC1C(O)C(COP(=O)(O)C(C)(C)OC2C(COP(=O)(O)C(C)OC3C(CO)OC(n4ccc(=O)[nH]c4=O)C3OCCC(=O)NC)OC(n3ccc(=O)[nH]c3=O)C2OCCC(=O)NC)OC1n1ccc(=O)[nH]c1=O. The lowest BCUT2D eigenvalue weighted by Crippen LogP contribution is -2.45. The van der Waals surface area contributed by atoms with Gasteiger partial charge in [0.15, 0.2) is 29.9 Å². The molecule has 0 saturated carbocycles. The lowest BCUT2D eigenvalue weighted by Gasteiger charge is -2.36. The fourth-order valence-corrected chi connectivity index (χ4v) is 10.3. The van der Waals surface area contributed by atoms with E-state index in [1.165, 1.54) is 21.1 Å². The molecule has 36 heteroatoms. The molecule has 3 amide bonds. The highest BCUT2D eigenvalue weighted by atomic mass is 31.2. The zero-order valence-electron chi connectivity index (χ0n) is 43.9. The molecule has 3 aromatic rings. The van der Waals surface area contributed by atoms with Gasteiger partial charge in [-0.2, -0.15) is 0 Å². The molecular weight excluding hydrogens is 1120 g/mol. The Hall–Kier alpha value is -5.65. The van der Waals surface area contributed by atoms with Crippen molar-refractivity contribution in [3.63, 3.8) is 0 Å². The van der Waals surface area contributed by atoms with Crippen LogP contribution in [0.15, 0.2) is 65.6 Å². The molecule has 6 heterocycles. The standard InChI is InChI=1S/C44H65N9O25P2/c1-22(74-33-23(19-54)75-39(36(33)70-17-11-27(56)46-5)52-14-8-30(59)49-42(52)63)79(65,66)72-21-25-34(37(71-18-12-28(57)47-6)40(77-25)53-15-9-31(60)50-43(53)64)78-44(2,3)80(67,68)73-20-24-32(61)35(69-16-10-26(55)45-4)38(76-24)51-13-7-29(58)48-41(51)62/h7-9,13-15,22-25,32-40,54,61H,10-12,16-21H2,1-6H3,(H,45,55)(H,46,56)(H,47,57)(H,65,66)(H,67,68)(H,48,58,62)(H,49,59,63)(H,50,60,64). The summed E-state index contributed by atoms with van der Waals surface area (Å²) < 4.78 is 90.7. The molecule has 3 fully saturated rings. The maximum atomic E-state index is 14.4. The number of hydrogen-bond acceptors (Lipinski definition) is 23. The Morgan fingerprint density at radius 2 is 1.01 bits per heavy atom. The van der Waals surface area contributed by atoms with E-state index in [1.54, 1.807) is 0 Å². The van der Waals surface area contributed by atoms with Crippen molar-refractivity contribution in [2.24, 2.45) is 0 Å². The van der Waals surface area contributed by atoms with Gasteiger partial charge in [-0.15, -0.1) is 0 Å². The van der Waals surface area contributed by atoms with Crippen LogP contribution in [0.3, 0.4) is 0 Å². The molecule has 0 radical (unpaired) electrons. The lowest BCUT2D eigenvalue weighted by molar-refractivity contribution is -0.129. The van der Waals surface area contributed by atoms with E-state index in [4.69, 9.17) is 46.9 Å². The van der Waals surface area contributed by atoms with Crippen molar-refractivity contribution in [2.45, 2.75) is 125 Å². The highest BCUT2D eigenvalue weighted by molar-refractivity contribution is 7.54. The number of aromatic amines is 3. The quantitative estimate of drug-likeness (QED) is 0.0306. The Balaban J connectivity index is 1.27. The summed E-state index contributed by atoms with van der Waals surface area (Å²) in [6, 6.07) is 2.93. The first kappa shape index (κ1) is 63.5. The highest BCUT2D eigenvalue weighted by Gasteiger charge is 2.56. The summed E-state index contributed by atoms with van der Waals surface area (Å²) in [5.74, 6) is -3.26. The van der Waals surface area contributed by atoms with E-state index in [2.05, 4.69) is 25.9 Å². The molecule has 15 atom stereocenters. The summed E-state index contributed by atoms with van der Waals surface area (Å²) >= 11 is 0. The first-order chi connectivity index (χ1) is 37.8. The maximum Gasteiger partial charge on any atom is 0.359 e. The van der Waals surface area contributed by atoms with E-state index < -0.39 is 178 Å². The first-order valence-corrected chi connectivity index (χ1v) is 27.9. The van der Waals surface area contributed by atoms with Crippen LogP contribution in [-0.2, 0) is 70.5 Å². The number of H-pyrrole nitrogens is 3. The number of carbonyl (C=O) groups is 3. The molecule has 34 nitrogen and oxygen atoms in total. The van der Waals surface area contributed by atoms with Crippen molar-refractivity contribution in [1.29, 1.82) is 0 Å². The second-order valence-electron chi connectivity index (χ2n) is 18.6. The predicted octanol–water partition coefficient (Wildman–Crippen LogP) is -4.50. The van der Waals surface area contributed by atoms with E-state index in [1.807, 2.05) is 4.98 Å². The van der Waals surface area contributed by atoms with Gasteiger partial charge in [-0.3, -0.25) is 66.6 Å². The highest BCUT2D eigenvalue weighted by Crippen LogP contribution is 2.58. The number of nitrogens with zero attached hydrogens (tertiary/aromatic N) is 3. The van der Waals surface area contributed by atoms with Crippen LogP contribution in [0.5, 0.6) is 0 Å². The third-order valence-electron chi connectivity index (χ3n) is 13.0. The van der Waals surface area contributed by atoms with Gasteiger partial charge in [-0.1, -0.05) is 0 Å². The van der Waals surface area contributed by atoms with Crippen molar-refractivity contribution < 1.29 is 90.5 Å². The minimum absolute atomic E-state index is 0.191. The molecule has 0 aliphatic carbocycles. The van der Waals surface area contributed by atoms with Gasteiger partial charge in [-0.25, -0.2) is 14.4 Å². The molecule has 3 aliphatic heterocycles. The average molecular weight is 1180 g/mol. The number of hydrogen-bond donors (Lipinski definition) is 10. The number of aliphatic hydroxyl groups excluding tert-OH is 2. The number of amides is 3. The summed E-state index contributed by atoms with van der Waals surface area (Å²) in [5.41, 5.74) is -5.35. The van der Waals surface area contributed by atoms with Crippen molar-refractivity contribution >= 4 is 32.9 Å². The number of ether oxygens (including phenoxy) is 8. The number of aromatic nitrogens is 6. The average Bonchev–Trinajstić information content (AvgIpc) is 4.05. The fourth-order valence-electron chi connectivity index (χ4n) is 8.51. The normalized spacial score (nSPS) is 27.7. The largest absolute Gasteiger partial charge is 0.394 e. The molecule has 3 aliphatic rings. The molecule has 6 rings (SSSR count). The van der Waals surface area contributed by atoms with Gasteiger partial charge in [0.05, 0.1) is 39.6 Å². The zero-order valence-corrected chi connectivity index (χ0v) is 45.7. The first-order valence-electron chi connectivity index (χ1n) is 24.7. The molecule has 446 valence electrons. The maximum absolute atomic E-state index is 14.4. The number of carbonyl (C=O) groups excluding carboxylic acids is 3. The Morgan fingerprint density at radius 1 is 0.625 bits per heavy atom. The number of aliphatic hydroxyl groups is 2. The van der Waals surface area contributed by atoms with E-state index in [0.717, 1.165) is 71.3 Å². The van der Waals surface area contributed by atoms with Crippen molar-refractivity contribution in [1.82, 2.24) is 44.6 Å². The summed E-state index contributed by atoms with van der Waals surface area (Å²) in [6.45, 7) is -0.465. The second kappa shape index (κ2) is 27.4. The minimum atomic E-state index is -5.23. The van der Waals surface area contributed by atoms with E-state index in [9.17, 15) is 72.3 Å². The van der Waals surface area contributed by atoms with Crippen molar-refractivity contribution in [3.8, 4) is 0 Å². The van der Waals surface area contributed by atoms with Crippen LogP contribution in [-0.4, -0.2) is 193 Å². The van der Waals surface area contributed by atoms with Crippen LogP contribution in [0.1, 0.15) is 58.7 Å². The Bertz CT molecular complexity index is 3110. The Morgan fingerprint density at radius 3 is 1.44 bits per heavy atom. The van der Waals surface area contributed by atoms with E-state index in [0.29, 0.717) is 0 Å². The van der Waals surface area contributed by atoms with Crippen molar-refractivity contribution in [2.75, 3.05) is 60.8 Å². The predicted molar refractivity (Wildman–Crippen MR) is 269 cm³/mol. The fraction of sp³-hybridized carbons (Fsp3) is 0.659. The lowest BCUT2D eigenvalue weighted by atomic mass is 10.1. The molecule has 0 bridgehead atoms. The molecular formula is C44H65N9O25P2. The van der Waals surface area contributed by atoms with E-state index >= 15 is 0 Å². The topological polar surface area (TPSA) is 459 Å². The smallest absolute Gasteiger partial charge is 0.359 e. The third-order valence-corrected chi connectivity index (χ3v) is 16.5. The van der Waals surface area contributed by atoms with Gasteiger partial charge in [0.2, 0.25) is 17.7 Å². The summed E-state index contributed by atoms with van der Waals surface area (Å²) in [7, 11) is -6.27. The zero-order chi connectivity index (χ0) is 58.9. The Labute approximate surface area is 451 Å². The number of nitrogens with one attached hydrogen (secondary N) is 6. The van der Waals surface area contributed by atoms with Gasteiger partial charge in [-0.05, 0) is 20.8 Å². The molecule has 0 aromatic carbocycles.